The summed E-state index contributed by atoms with van der Waals surface area (Å²) in [6.45, 7) is 6.01. The fourth-order valence-corrected chi connectivity index (χ4v) is 4.54. The molecule has 0 unspecified atom stereocenters. The second kappa shape index (κ2) is 10.7. The number of esters is 1. The molecule has 1 amide bonds. The van der Waals surface area contributed by atoms with Crippen LogP contribution in [0, 0.1) is 11.3 Å². The molecule has 0 bridgehead atoms. The Balaban J connectivity index is 1.79. The highest BCUT2D eigenvalue weighted by atomic mass is 19.4. The monoisotopic (exact) mass is 492 g/mol. The van der Waals surface area contributed by atoms with Gasteiger partial charge in [-0.25, -0.2) is 15.6 Å². The van der Waals surface area contributed by atoms with Crippen LogP contribution in [0.3, 0.4) is 0 Å². The minimum absolute atomic E-state index is 0.121. The van der Waals surface area contributed by atoms with Gasteiger partial charge in [0.1, 0.15) is 5.75 Å². The van der Waals surface area contributed by atoms with Gasteiger partial charge in [0.25, 0.3) is 5.91 Å². The van der Waals surface area contributed by atoms with Crippen molar-refractivity contribution in [3.63, 3.8) is 0 Å². The Morgan fingerprint density at radius 3 is 2.20 bits per heavy atom. The summed E-state index contributed by atoms with van der Waals surface area (Å²) in [5.74, 6) is 4.56. The first-order valence-electron chi connectivity index (χ1n) is 11.5. The lowest BCUT2D eigenvalue weighted by molar-refractivity contribution is -0.274. The number of rotatable bonds is 6. The summed E-state index contributed by atoms with van der Waals surface area (Å²) in [4.78, 5) is 25.3. The molecular weight excluding hydrogens is 461 g/mol. The summed E-state index contributed by atoms with van der Waals surface area (Å²) >= 11 is 0. The van der Waals surface area contributed by atoms with Crippen molar-refractivity contribution in [1.29, 1.82) is 0 Å². The molecule has 0 atom stereocenters. The zero-order chi connectivity index (χ0) is 25.8. The molecule has 6 nitrogen and oxygen atoms in total. The Morgan fingerprint density at radius 2 is 1.63 bits per heavy atom. The number of halogens is 3. The van der Waals surface area contributed by atoms with E-state index in [-0.39, 0.29) is 22.6 Å². The minimum atomic E-state index is -4.85. The molecule has 1 fully saturated rings. The number of hydrazine groups is 1. The lowest BCUT2D eigenvalue weighted by Gasteiger charge is -2.37. The molecule has 3 rings (SSSR count). The first-order chi connectivity index (χ1) is 16.3. The molecule has 1 saturated carbocycles. The number of alkyl halides is 3. The average molecular weight is 493 g/mol. The smallest absolute Gasteiger partial charge is 0.439 e. The fourth-order valence-electron chi connectivity index (χ4n) is 4.54. The molecule has 0 radical (unpaired) electrons. The number of ether oxygens (including phenoxy) is 2. The van der Waals surface area contributed by atoms with E-state index in [0.717, 1.165) is 36.8 Å². The van der Waals surface area contributed by atoms with E-state index in [1.807, 2.05) is 0 Å². The maximum atomic E-state index is 13.1. The van der Waals surface area contributed by atoms with E-state index in [0.29, 0.717) is 17.0 Å². The Morgan fingerprint density at radius 1 is 1.00 bits per heavy atom. The third-order valence-corrected chi connectivity index (χ3v) is 6.48. The van der Waals surface area contributed by atoms with Gasteiger partial charge < -0.3 is 9.47 Å². The Hall–Kier alpha value is -3.07. The van der Waals surface area contributed by atoms with Crippen LogP contribution in [0.4, 0.5) is 13.2 Å². The quantitative estimate of drug-likeness (QED) is 0.175. The van der Waals surface area contributed by atoms with Crippen LogP contribution in [0.1, 0.15) is 78.7 Å². The topological polar surface area (TPSA) is 81.9 Å². The zero-order valence-corrected chi connectivity index (χ0v) is 20.1. The van der Waals surface area contributed by atoms with Gasteiger partial charge in [-0.05, 0) is 78.8 Å². The van der Waals surface area contributed by atoms with Crippen molar-refractivity contribution >= 4 is 11.9 Å². The molecule has 1 aliphatic rings. The average Bonchev–Trinajstić information content (AvgIpc) is 2.81. The summed E-state index contributed by atoms with van der Waals surface area (Å²) in [6.07, 6.45) is -1.60. The number of hydrogen-bond donors (Lipinski definition) is 1. The molecule has 2 aromatic carbocycles. The van der Waals surface area contributed by atoms with Crippen molar-refractivity contribution in [2.45, 2.75) is 58.7 Å². The molecule has 0 heterocycles. The van der Waals surface area contributed by atoms with Gasteiger partial charge in [-0.3, -0.25) is 4.79 Å². The van der Waals surface area contributed by atoms with E-state index < -0.39 is 25.0 Å². The highest BCUT2D eigenvalue weighted by Crippen LogP contribution is 2.44. The summed E-state index contributed by atoms with van der Waals surface area (Å²) in [7, 11) is 0. The summed E-state index contributed by atoms with van der Waals surface area (Å²) in [5.41, 5.74) is 1.05. The zero-order valence-electron chi connectivity index (χ0n) is 20.1. The van der Waals surface area contributed by atoms with Crippen molar-refractivity contribution in [2.75, 3.05) is 6.73 Å². The van der Waals surface area contributed by atoms with E-state index in [9.17, 15) is 22.8 Å². The van der Waals surface area contributed by atoms with Gasteiger partial charge in [-0.2, -0.15) is 0 Å². The van der Waals surface area contributed by atoms with Crippen molar-refractivity contribution in [3.8, 4) is 5.75 Å². The van der Waals surface area contributed by atoms with E-state index in [1.54, 1.807) is 30.3 Å². The molecule has 0 spiro atoms. The van der Waals surface area contributed by atoms with Crippen LogP contribution in [-0.2, 0) is 4.74 Å². The fraction of sp³-hybridized carbons (Fsp3) is 0.462. The summed E-state index contributed by atoms with van der Waals surface area (Å²) < 4.78 is 47.7. The normalized spacial score (nSPS) is 18.6. The number of carbonyl (C=O) groups excluding carboxylic acids is 2. The largest absolute Gasteiger partial charge is 0.573 e. The van der Waals surface area contributed by atoms with Gasteiger partial charge in [0.2, 0.25) is 0 Å². The molecular formula is C26H31F3N2O4. The van der Waals surface area contributed by atoms with Crippen molar-refractivity contribution < 1.29 is 32.2 Å². The lowest BCUT2D eigenvalue weighted by atomic mass is 9.68. The second-order valence-electron chi connectivity index (χ2n) is 9.91. The van der Waals surface area contributed by atoms with Gasteiger partial charge in [-0.15, -0.1) is 13.2 Å². The van der Waals surface area contributed by atoms with Crippen LogP contribution in [0.5, 0.6) is 5.75 Å². The van der Waals surface area contributed by atoms with E-state index in [2.05, 4.69) is 25.5 Å². The predicted molar refractivity (Wildman–Crippen MR) is 124 cm³/mol. The SMILES string of the molecule is CC(C)(C)C1CCC(c2cc(OC(F)(F)F)ccc2C(=O)N(N)COC(=O)c2ccccc2)CC1. The molecule has 9 heteroatoms. The predicted octanol–water partition coefficient (Wildman–Crippen LogP) is 6.04. The Bertz CT molecular complexity index is 1030. The number of amides is 1. The van der Waals surface area contributed by atoms with Crippen LogP contribution in [-0.4, -0.2) is 30.0 Å². The van der Waals surface area contributed by atoms with Crippen LogP contribution in [0.2, 0.25) is 0 Å². The minimum Gasteiger partial charge on any atom is -0.439 e. The van der Waals surface area contributed by atoms with Gasteiger partial charge in [0, 0.05) is 5.56 Å². The number of benzene rings is 2. The lowest BCUT2D eigenvalue weighted by Crippen LogP contribution is -2.40. The van der Waals surface area contributed by atoms with Crippen LogP contribution >= 0.6 is 0 Å². The van der Waals surface area contributed by atoms with E-state index in [4.69, 9.17) is 10.6 Å². The third kappa shape index (κ3) is 7.21. The van der Waals surface area contributed by atoms with Crippen LogP contribution in [0.25, 0.3) is 0 Å². The molecule has 0 aliphatic heterocycles. The van der Waals surface area contributed by atoms with Gasteiger partial charge in [-0.1, -0.05) is 39.0 Å². The Kier molecular flexibility index (Phi) is 8.10. The molecule has 35 heavy (non-hydrogen) atoms. The van der Waals surface area contributed by atoms with Gasteiger partial charge in [0.15, 0.2) is 6.73 Å². The standard InChI is InChI=1S/C26H31F3N2O4/c1-25(2,3)19-11-9-17(10-12-19)22-15-20(35-26(27,28)29)13-14-21(22)23(32)31(30)16-34-24(33)18-7-5-4-6-8-18/h4-8,13-15,17,19H,9-12,16,30H2,1-3H3. The summed E-state index contributed by atoms with van der Waals surface area (Å²) in [6, 6.07) is 11.9. The Labute approximate surface area is 203 Å². The molecule has 2 N–H and O–H groups in total. The molecule has 2 aromatic rings. The molecule has 0 saturated heterocycles. The van der Waals surface area contributed by atoms with Crippen molar-refractivity contribution in [1.82, 2.24) is 5.01 Å². The van der Waals surface area contributed by atoms with Gasteiger partial charge in [0.05, 0.1) is 5.56 Å². The molecule has 0 aromatic heterocycles. The van der Waals surface area contributed by atoms with Crippen molar-refractivity contribution in [2.24, 2.45) is 17.2 Å². The first kappa shape index (κ1) is 26.5. The van der Waals surface area contributed by atoms with Crippen LogP contribution in [0.15, 0.2) is 48.5 Å². The van der Waals surface area contributed by atoms with Crippen molar-refractivity contribution in [3.05, 3.63) is 65.2 Å². The maximum absolute atomic E-state index is 13.1. The first-order valence-corrected chi connectivity index (χ1v) is 11.5. The third-order valence-electron chi connectivity index (χ3n) is 6.48. The highest BCUT2D eigenvalue weighted by molar-refractivity contribution is 5.96. The van der Waals surface area contributed by atoms with E-state index in [1.165, 1.54) is 12.1 Å². The molecule has 190 valence electrons. The highest BCUT2D eigenvalue weighted by Gasteiger charge is 2.34. The summed E-state index contributed by atoms with van der Waals surface area (Å²) in [5, 5.41) is 0.741. The number of nitrogens with zero attached hydrogens (tertiary/aromatic N) is 1. The number of nitrogens with two attached hydrogens (primary N) is 1. The van der Waals surface area contributed by atoms with Crippen LogP contribution < -0.4 is 10.6 Å². The van der Waals surface area contributed by atoms with E-state index >= 15 is 0 Å². The number of hydrogen-bond acceptors (Lipinski definition) is 5. The molecule has 1 aliphatic carbocycles. The maximum Gasteiger partial charge on any atom is 0.573 e. The second-order valence-corrected chi connectivity index (χ2v) is 9.91. The van der Waals surface area contributed by atoms with Gasteiger partial charge >= 0.3 is 12.3 Å². The number of carbonyl (C=O) groups is 2.